The van der Waals surface area contributed by atoms with E-state index in [1.807, 2.05) is 0 Å². The average Bonchev–Trinajstić information content (AvgIpc) is 2.71. The van der Waals surface area contributed by atoms with Crippen molar-refractivity contribution in [3.05, 3.63) is 30.1 Å². The molecule has 1 aromatic heterocycles. The average molecular weight is 339 g/mol. The van der Waals surface area contributed by atoms with E-state index in [4.69, 9.17) is 0 Å². The minimum Gasteiger partial charge on any atom is -0.352 e. The molecule has 1 aliphatic carbocycles. The number of hydrogen-bond acceptors (Lipinski definition) is 2. The van der Waals surface area contributed by atoms with Crippen LogP contribution in [0.5, 0.6) is 0 Å². The number of halogens is 3. The van der Waals surface area contributed by atoms with Crippen LogP contribution in [0.3, 0.4) is 0 Å². The van der Waals surface area contributed by atoms with Crippen LogP contribution in [0.1, 0.15) is 44.3 Å². The normalized spacial score (nSPS) is 17.0. The van der Waals surface area contributed by atoms with Gasteiger partial charge in [-0.3, -0.25) is 4.79 Å². The first-order chi connectivity index (χ1) is 11.4. The minimum absolute atomic E-state index is 0.0594. The number of fused-ring (bicyclic) bond motifs is 1. The first kappa shape index (κ1) is 16.8. The predicted octanol–water partition coefficient (Wildman–Crippen LogP) is 3.89. The molecule has 7 heteroatoms. The molecule has 1 heterocycles. The molecule has 1 aliphatic rings. The Bertz CT molecular complexity index is 715. The van der Waals surface area contributed by atoms with Crippen molar-refractivity contribution in [1.82, 2.24) is 14.9 Å². The third-order valence-corrected chi connectivity index (χ3v) is 4.43. The monoisotopic (exact) mass is 339 g/mol. The van der Waals surface area contributed by atoms with Crippen LogP contribution in [-0.2, 0) is 17.5 Å². The van der Waals surface area contributed by atoms with Crippen molar-refractivity contribution in [3.8, 4) is 0 Å². The van der Waals surface area contributed by atoms with E-state index in [-0.39, 0.29) is 18.1 Å². The summed E-state index contributed by atoms with van der Waals surface area (Å²) >= 11 is 0. The van der Waals surface area contributed by atoms with Gasteiger partial charge in [-0.25, -0.2) is 4.98 Å². The summed E-state index contributed by atoms with van der Waals surface area (Å²) in [7, 11) is 0. The fraction of sp³-hybridized carbons (Fsp3) is 0.529. The molecule has 0 aliphatic heterocycles. The predicted molar refractivity (Wildman–Crippen MR) is 84.4 cm³/mol. The van der Waals surface area contributed by atoms with Gasteiger partial charge in [0.05, 0.1) is 11.0 Å². The quantitative estimate of drug-likeness (QED) is 0.862. The molecular formula is C17H20F3N3O. The molecule has 4 nitrogen and oxygen atoms in total. The number of imidazole rings is 1. The Morgan fingerprint density at radius 2 is 1.83 bits per heavy atom. The maximum absolute atomic E-state index is 13.2. The number of hydrogen-bond donors (Lipinski definition) is 1. The van der Waals surface area contributed by atoms with Crippen molar-refractivity contribution in [1.29, 1.82) is 0 Å². The van der Waals surface area contributed by atoms with Crippen LogP contribution < -0.4 is 5.32 Å². The minimum atomic E-state index is -4.60. The van der Waals surface area contributed by atoms with Crippen LogP contribution >= 0.6 is 0 Å². The van der Waals surface area contributed by atoms with E-state index >= 15 is 0 Å². The van der Waals surface area contributed by atoms with Crippen molar-refractivity contribution >= 4 is 16.9 Å². The lowest BCUT2D eigenvalue weighted by atomic mass is 10.1. The zero-order valence-electron chi connectivity index (χ0n) is 13.3. The number of carbonyl (C=O) groups excluding carboxylic acids is 1. The van der Waals surface area contributed by atoms with Crippen LogP contribution in [-0.4, -0.2) is 21.5 Å². The number of amides is 1. The summed E-state index contributed by atoms with van der Waals surface area (Å²) in [5, 5.41) is 2.89. The summed E-state index contributed by atoms with van der Waals surface area (Å²) in [6.07, 6.45) is 1.58. The van der Waals surface area contributed by atoms with Gasteiger partial charge in [0.25, 0.3) is 0 Å². The lowest BCUT2D eigenvalue weighted by Gasteiger charge is -2.17. The van der Waals surface area contributed by atoms with E-state index in [2.05, 4.69) is 10.3 Å². The zero-order chi connectivity index (χ0) is 17.2. The molecule has 0 radical (unpaired) electrons. The number of benzene rings is 1. The van der Waals surface area contributed by atoms with Gasteiger partial charge in [-0.2, -0.15) is 13.2 Å². The van der Waals surface area contributed by atoms with Crippen LogP contribution in [0.4, 0.5) is 13.2 Å². The molecule has 1 N–H and O–H groups in total. The summed E-state index contributed by atoms with van der Waals surface area (Å²) in [4.78, 5) is 15.9. The maximum atomic E-state index is 13.2. The Morgan fingerprint density at radius 3 is 2.50 bits per heavy atom. The summed E-state index contributed by atoms with van der Waals surface area (Å²) in [5.41, 5.74) is 0.563. The maximum Gasteiger partial charge on any atom is 0.449 e. The molecule has 0 spiro atoms. The largest absolute Gasteiger partial charge is 0.449 e. The number of rotatable bonds is 3. The van der Waals surface area contributed by atoms with E-state index in [1.54, 1.807) is 18.2 Å². The van der Waals surface area contributed by atoms with Crippen LogP contribution in [0, 0.1) is 0 Å². The number of aromatic nitrogens is 2. The molecule has 24 heavy (non-hydrogen) atoms. The number of carbonyl (C=O) groups is 1. The van der Waals surface area contributed by atoms with Crippen molar-refractivity contribution in [2.75, 3.05) is 0 Å². The second-order valence-electron chi connectivity index (χ2n) is 6.26. The molecule has 1 fully saturated rings. The molecule has 1 saturated carbocycles. The number of para-hydroxylation sites is 2. The first-order valence-corrected chi connectivity index (χ1v) is 8.27. The molecule has 0 unspecified atom stereocenters. The molecule has 0 bridgehead atoms. The highest BCUT2D eigenvalue weighted by Gasteiger charge is 2.38. The lowest BCUT2D eigenvalue weighted by molar-refractivity contribution is -0.147. The molecule has 0 saturated heterocycles. The van der Waals surface area contributed by atoms with Gasteiger partial charge in [-0.15, -0.1) is 0 Å². The second kappa shape index (κ2) is 6.83. The molecule has 1 amide bonds. The smallest absolute Gasteiger partial charge is 0.352 e. The van der Waals surface area contributed by atoms with Gasteiger partial charge < -0.3 is 9.88 Å². The number of nitrogens with zero attached hydrogens (tertiary/aromatic N) is 2. The lowest BCUT2D eigenvalue weighted by Crippen LogP contribution is -2.37. The third kappa shape index (κ3) is 3.71. The Labute approximate surface area is 138 Å². The Morgan fingerprint density at radius 1 is 1.17 bits per heavy atom. The van der Waals surface area contributed by atoms with Crippen molar-refractivity contribution in [3.63, 3.8) is 0 Å². The van der Waals surface area contributed by atoms with Crippen LogP contribution in [0.15, 0.2) is 24.3 Å². The summed E-state index contributed by atoms with van der Waals surface area (Å²) in [6.45, 7) is -0.369. The van der Waals surface area contributed by atoms with Crippen LogP contribution in [0.25, 0.3) is 11.0 Å². The van der Waals surface area contributed by atoms with Gasteiger partial charge in [-0.05, 0) is 25.0 Å². The van der Waals surface area contributed by atoms with Crippen molar-refractivity contribution in [2.24, 2.45) is 0 Å². The van der Waals surface area contributed by atoms with Crippen molar-refractivity contribution in [2.45, 2.75) is 57.3 Å². The standard InChI is InChI=1S/C17H20F3N3O/c18-17(19,20)16-22-13-9-5-6-10-14(13)23(16)11-15(24)21-12-7-3-1-2-4-8-12/h5-6,9-10,12H,1-4,7-8,11H2,(H,21,24). The van der Waals surface area contributed by atoms with Gasteiger partial charge >= 0.3 is 6.18 Å². The number of alkyl halides is 3. The van der Waals surface area contributed by atoms with Gasteiger partial charge in [0.1, 0.15) is 6.54 Å². The highest BCUT2D eigenvalue weighted by Crippen LogP contribution is 2.31. The van der Waals surface area contributed by atoms with Gasteiger partial charge in [0, 0.05) is 6.04 Å². The highest BCUT2D eigenvalue weighted by molar-refractivity contribution is 5.81. The Balaban J connectivity index is 1.81. The SMILES string of the molecule is O=C(Cn1c(C(F)(F)F)nc2ccccc21)NC1CCCCCC1. The van der Waals surface area contributed by atoms with Crippen molar-refractivity contribution < 1.29 is 18.0 Å². The first-order valence-electron chi connectivity index (χ1n) is 8.27. The molecule has 130 valence electrons. The fourth-order valence-corrected chi connectivity index (χ4v) is 3.29. The molecule has 1 aromatic carbocycles. The van der Waals surface area contributed by atoms with E-state index in [1.165, 1.54) is 6.07 Å². The van der Waals surface area contributed by atoms with E-state index in [0.717, 1.165) is 43.1 Å². The van der Waals surface area contributed by atoms with Crippen LogP contribution in [0.2, 0.25) is 0 Å². The number of nitrogens with one attached hydrogen (secondary N) is 1. The molecule has 0 atom stereocenters. The topological polar surface area (TPSA) is 46.9 Å². The fourth-order valence-electron chi connectivity index (χ4n) is 3.29. The third-order valence-electron chi connectivity index (χ3n) is 4.43. The van der Waals surface area contributed by atoms with Gasteiger partial charge in [0.15, 0.2) is 0 Å². The molecule has 3 rings (SSSR count). The highest BCUT2D eigenvalue weighted by atomic mass is 19.4. The summed E-state index contributed by atoms with van der Waals surface area (Å²) in [6, 6.07) is 6.40. The molecular weight excluding hydrogens is 319 g/mol. The van der Waals surface area contributed by atoms with Gasteiger partial charge in [-0.1, -0.05) is 37.8 Å². The zero-order valence-corrected chi connectivity index (χ0v) is 13.3. The summed E-state index contributed by atoms with van der Waals surface area (Å²) < 4.78 is 40.7. The molecule has 2 aromatic rings. The second-order valence-corrected chi connectivity index (χ2v) is 6.26. The Hall–Kier alpha value is -2.05. The Kier molecular flexibility index (Phi) is 4.78. The van der Waals surface area contributed by atoms with E-state index in [0.29, 0.717) is 5.52 Å². The van der Waals surface area contributed by atoms with Gasteiger partial charge in [0.2, 0.25) is 11.7 Å². The summed E-state index contributed by atoms with van der Waals surface area (Å²) in [5.74, 6) is -1.42. The van der Waals surface area contributed by atoms with E-state index < -0.39 is 17.9 Å². The van der Waals surface area contributed by atoms with E-state index in [9.17, 15) is 18.0 Å².